The summed E-state index contributed by atoms with van der Waals surface area (Å²) in [4.78, 5) is 12.4. The minimum Gasteiger partial charge on any atom is -0.497 e. The molecule has 0 atom stereocenters. The van der Waals surface area contributed by atoms with E-state index in [1.54, 1.807) is 32.4 Å². The van der Waals surface area contributed by atoms with Crippen LogP contribution < -0.4 is 14.8 Å². The molecule has 0 unspecified atom stereocenters. The monoisotopic (exact) mass is 315 g/mol. The summed E-state index contributed by atoms with van der Waals surface area (Å²) < 4.78 is 10.4. The summed E-state index contributed by atoms with van der Waals surface area (Å²) in [5.41, 5.74) is 1.56. The lowest BCUT2D eigenvalue weighted by Gasteiger charge is -2.08. The molecule has 1 aromatic carbocycles. The predicted molar refractivity (Wildman–Crippen MR) is 87.3 cm³/mol. The Balaban J connectivity index is 1.73. The van der Waals surface area contributed by atoms with Crippen LogP contribution in [0.5, 0.6) is 11.5 Å². The fourth-order valence-electron chi connectivity index (χ4n) is 2.97. The Kier molecular flexibility index (Phi) is 4.50. The highest BCUT2D eigenvalue weighted by Crippen LogP contribution is 2.33. The number of aromatic amines is 1. The lowest BCUT2D eigenvalue weighted by atomic mass is 10.0. The van der Waals surface area contributed by atoms with Crippen LogP contribution in [0, 0.1) is 0 Å². The number of methoxy groups -OCH3 is 2. The molecular formula is C17H21N3O3. The second kappa shape index (κ2) is 6.73. The van der Waals surface area contributed by atoms with Crippen molar-refractivity contribution < 1.29 is 14.3 Å². The Bertz CT molecular complexity index is 668. The van der Waals surface area contributed by atoms with Crippen molar-refractivity contribution in [1.29, 1.82) is 0 Å². The third-order valence-corrected chi connectivity index (χ3v) is 4.25. The molecule has 1 fully saturated rings. The van der Waals surface area contributed by atoms with Gasteiger partial charge in [-0.05, 0) is 25.0 Å². The van der Waals surface area contributed by atoms with Crippen LogP contribution in [0.4, 0.5) is 5.82 Å². The number of nitrogens with one attached hydrogen (secondary N) is 2. The fourth-order valence-corrected chi connectivity index (χ4v) is 2.97. The number of amides is 1. The molecule has 1 amide bonds. The third-order valence-electron chi connectivity index (χ3n) is 4.25. The van der Waals surface area contributed by atoms with E-state index < -0.39 is 0 Å². The molecular weight excluding hydrogens is 294 g/mol. The van der Waals surface area contributed by atoms with Crippen LogP contribution in [0.3, 0.4) is 0 Å². The zero-order valence-electron chi connectivity index (χ0n) is 13.4. The van der Waals surface area contributed by atoms with Gasteiger partial charge in [-0.25, -0.2) is 0 Å². The Hall–Kier alpha value is -2.50. The summed E-state index contributed by atoms with van der Waals surface area (Å²) in [6.07, 6.45) is 4.88. The van der Waals surface area contributed by atoms with E-state index in [1.165, 1.54) is 25.7 Å². The molecule has 0 bridgehead atoms. The lowest BCUT2D eigenvalue weighted by molar-refractivity contribution is 0.102. The van der Waals surface area contributed by atoms with Gasteiger partial charge in [0.15, 0.2) is 5.82 Å². The van der Waals surface area contributed by atoms with Crippen LogP contribution in [-0.4, -0.2) is 30.3 Å². The molecule has 6 heteroatoms. The maximum absolute atomic E-state index is 12.4. The predicted octanol–water partition coefficient (Wildman–Crippen LogP) is 3.34. The van der Waals surface area contributed by atoms with E-state index in [9.17, 15) is 4.79 Å². The number of hydrogen-bond donors (Lipinski definition) is 2. The summed E-state index contributed by atoms with van der Waals surface area (Å²) in [6, 6.07) is 6.99. The molecule has 1 aromatic heterocycles. The van der Waals surface area contributed by atoms with Gasteiger partial charge in [-0.2, -0.15) is 5.10 Å². The number of aromatic nitrogens is 2. The molecule has 23 heavy (non-hydrogen) atoms. The van der Waals surface area contributed by atoms with Gasteiger partial charge in [0.05, 0.1) is 14.2 Å². The molecule has 2 N–H and O–H groups in total. The summed E-state index contributed by atoms with van der Waals surface area (Å²) in [5.74, 6) is 1.97. The highest BCUT2D eigenvalue weighted by Gasteiger charge is 2.20. The number of ether oxygens (including phenoxy) is 2. The van der Waals surface area contributed by atoms with Crippen LogP contribution in [0.15, 0.2) is 24.3 Å². The van der Waals surface area contributed by atoms with Crippen molar-refractivity contribution in [3.05, 3.63) is 35.5 Å². The van der Waals surface area contributed by atoms with Crippen LogP contribution in [0.2, 0.25) is 0 Å². The number of carbonyl (C=O) groups is 1. The average molecular weight is 315 g/mol. The van der Waals surface area contributed by atoms with E-state index in [-0.39, 0.29) is 5.91 Å². The first kappa shape index (κ1) is 15.4. The van der Waals surface area contributed by atoms with Crippen LogP contribution in [0.1, 0.15) is 47.7 Å². The highest BCUT2D eigenvalue weighted by atomic mass is 16.5. The maximum atomic E-state index is 12.4. The smallest absolute Gasteiger partial charge is 0.257 e. The fraction of sp³-hybridized carbons (Fsp3) is 0.412. The van der Waals surface area contributed by atoms with Gasteiger partial charge in [0.1, 0.15) is 11.5 Å². The Morgan fingerprint density at radius 2 is 1.78 bits per heavy atom. The van der Waals surface area contributed by atoms with Gasteiger partial charge < -0.3 is 14.8 Å². The minimum absolute atomic E-state index is 0.244. The molecule has 3 rings (SSSR count). The van der Waals surface area contributed by atoms with Crippen molar-refractivity contribution in [3.8, 4) is 11.5 Å². The second-order valence-electron chi connectivity index (χ2n) is 5.75. The molecule has 0 aliphatic heterocycles. The molecule has 0 spiro atoms. The molecule has 1 aliphatic rings. The molecule has 0 saturated heterocycles. The number of benzene rings is 1. The first-order valence-electron chi connectivity index (χ1n) is 7.79. The lowest BCUT2D eigenvalue weighted by Crippen LogP contribution is -2.12. The van der Waals surface area contributed by atoms with Crippen molar-refractivity contribution in [3.63, 3.8) is 0 Å². The van der Waals surface area contributed by atoms with E-state index in [0.29, 0.717) is 28.8 Å². The van der Waals surface area contributed by atoms with Gasteiger partial charge >= 0.3 is 0 Å². The zero-order chi connectivity index (χ0) is 16.2. The van der Waals surface area contributed by atoms with Crippen LogP contribution >= 0.6 is 0 Å². The summed E-state index contributed by atoms with van der Waals surface area (Å²) in [7, 11) is 3.11. The van der Waals surface area contributed by atoms with E-state index in [1.807, 2.05) is 6.07 Å². The van der Waals surface area contributed by atoms with E-state index in [0.717, 1.165) is 5.69 Å². The van der Waals surface area contributed by atoms with Crippen LogP contribution in [-0.2, 0) is 0 Å². The van der Waals surface area contributed by atoms with Crippen molar-refractivity contribution in [2.24, 2.45) is 0 Å². The molecule has 1 heterocycles. The van der Waals surface area contributed by atoms with Gasteiger partial charge in [-0.3, -0.25) is 9.89 Å². The quantitative estimate of drug-likeness (QED) is 0.887. The molecule has 1 saturated carbocycles. The SMILES string of the molecule is COc1cc(OC)cc(C(=O)Nc2cc(C3CCCC3)[nH]n2)c1. The van der Waals surface area contributed by atoms with Gasteiger partial charge in [0.25, 0.3) is 5.91 Å². The van der Waals surface area contributed by atoms with E-state index >= 15 is 0 Å². The highest BCUT2D eigenvalue weighted by molar-refractivity contribution is 6.04. The molecule has 122 valence electrons. The average Bonchev–Trinajstić information content (AvgIpc) is 3.25. The number of H-pyrrole nitrogens is 1. The van der Waals surface area contributed by atoms with Crippen molar-refractivity contribution in [2.75, 3.05) is 19.5 Å². The Labute approximate surface area is 135 Å². The summed E-state index contributed by atoms with van der Waals surface area (Å²) >= 11 is 0. The topological polar surface area (TPSA) is 76.2 Å². The first-order chi connectivity index (χ1) is 11.2. The van der Waals surface area contributed by atoms with Crippen molar-refractivity contribution in [2.45, 2.75) is 31.6 Å². The number of hydrogen-bond acceptors (Lipinski definition) is 4. The molecule has 1 aliphatic carbocycles. The standard InChI is InChI=1S/C17H21N3O3/c1-22-13-7-12(8-14(9-13)23-2)17(21)18-16-10-15(19-20-16)11-5-3-4-6-11/h7-11H,3-6H2,1-2H3,(H2,18,19,20,21). The van der Waals surface area contributed by atoms with Crippen molar-refractivity contribution in [1.82, 2.24) is 10.2 Å². The molecule has 0 radical (unpaired) electrons. The number of nitrogens with zero attached hydrogens (tertiary/aromatic N) is 1. The van der Waals surface area contributed by atoms with Gasteiger partial charge in [0, 0.05) is 29.3 Å². The zero-order valence-corrected chi connectivity index (χ0v) is 13.4. The number of anilines is 1. The van der Waals surface area contributed by atoms with Crippen LogP contribution in [0.25, 0.3) is 0 Å². The van der Waals surface area contributed by atoms with Gasteiger partial charge in [-0.1, -0.05) is 12.8 Å². The second-order valence-corrected chi connectivity index (χ2v) is 5.75. The summed E-state index contributed by atoms with van der Waals surface area (Å²) in [5, 5.41) is 10.0. The first-order valence-corrected chi connectivity index (χ1v) is 7.79. The maximum Gasteiger partial charge on any atom is 0.257 e. The molecule has 2 aromatic rings. The molecule has 6 nitrogen and oxygen atoms in total. The number of carbonyl (C=O) groups excluding carboxylic acids is 1. The minimum atomic E-state index is -0.244. The van der Waals surface area contributed by atoms with Gasteiger partial charge in [0.2, 0.25) is 0 Å². The Morgan fingerprint density at radius 1 is 1.13 bits per heavy atom. The largest absolute Gasteiger partial charge is 0.497 e. The normalized spacial score (nSPS) is 14.7. The van der Waals surface area contributed by atoms with Gasteiger partial charge in [-0.15, -0.1) is 0 Å². The van der Waals surface area contributed by atoms with E-state index in [4.69, 9.17) is 9.47 Å². The third kappa shape index (κ3) is 3.47. The van der Waals surface area contributed by atoms with E-state index in [2.05, 4.69) is 15.5 Å². The van der Waals surface area contributed by atoms with Crippen molar-refractivity contribution >= 4 is 11.7 Å². The Morgan fingerprint density at radius 3 is 2.39 bits per heavy atom. The summed E-state index contributed by atoms with van der Waals surface area (Å²) in [6.45, 7) is 0. The number of rotatable bonds is 5.